The Morgan fingerprint density at radius 2 is 1.90 bits per heavy atom. The van der Waals surface area contributed by atoms with Crippen molar-refractivity contribution in [3.05, 3.63) is 52.8 Å². The monoisotopic (exact) mass is 389 g/mol. The van der Waals surface area contributed by atoms with Crippen LogP contribution in [0.4, 0.5) is 0 Å². The second-order valence-electron chi connectivity index (χ2n) is 7.46. The second kappa shape index (κ2) is 6.41. The topological polar surface area (TPSA) is 104 Å². The molecule has 7 heteroatoms. The molecule has 3 heterocycles. The summed E-state index contributed by atoms with van der Waals surface area (Å²) in [5.74, 6) is 0.834. The molecule has 0 aliphatic carbocycles. The molecule has 3 aromatic heterocycles. The number of hydrogen-bond acceptors (Lipinski definition) is 5. The summed E-state index contributed by atoms with van der Waals surface area (Å²) in [5, 5.41) is 17.6. The Kier molecular flexibility index (Phi) is 3.84. The molecule has 5 aromatic rings. The number of aromatic nitrogens is 3. The molecular weight excluding hydrogens is 370 g/mol. The fourth-order valence-corrected chi connectivity index (χ4v) is 3.49. The number of nitrogens with one attached hydrogen (secondary N) is 2. The lowest BCUT2D eigenvalue weighted by Crippen LogP contribution is -2.04. The van der Waals surface area contributed by atoms with Crippen molar-refractivity contribution < 1.29 is 14.3 Å². The van der Waals surface area contributed by atoms with Crippen LogP contribution in [0.25, 0.3) is 44.2 Å². The molecule has 7 nitrogen and oxygen atoms in total. The fourth-order valence-electron chi connectivity index (χ4n) is 3.49. The van der Waals surface area contributed by atoms with Gasteiger partial charge in [-0.2, -0.15) is 0 Å². The highest BCUT2D eigenvalue weighted by atomic mass is 16.5. The lowest BCUT2D eigenvalue weighted by molar-refractivity contribution is 0.271. The van der Waals surface area contributed by atoms with Crippen molar-refractivity contribution in [1.29, 1.82) is 0 Å². The Morgan fingerprint density at radius 3 is 2.66 bits per heavy atom. The maximum absolute atomic E-state index is 11.8. The van der Waals surface area contributed by atoms with E-state index in [1.165, 1.54) is 6.07 Å². The van der Waals surface area contributed by atoms with Gasteiger partial charge in [0.1, 0.15) is 11.3 Å². The van der Waals surface area contributed by atoms with Crippen LogP contribution in [0.2, 0.25) is 0 Å². The van der Waals surface area contributed by atoms with E-state index in [0.717, 1.165) is 22.3 Å². The number of phenolic OH excluding ortho intramolecular Hbond substituents is 1. The summed E-state index contributed by atoms with van der Waals surface area (Å²) in [6, 6.07) is 10.7. The molecule has 0 atom stereocenters. The van der Waals surface area contributed by atoms with E-state index in [1.807, 2.05) is 30.5 Å². The molecule has 0 bridgehead atoms. The van der Waals surface area contributed by atoms with Crippen LogP contribution in [0.15, 0.2) is 51.8 Å². The highest BCUT2D eigenvalue weighted by molar-refractivity contribution is 6.15. The molecule has 3 N–H and O–H groups in total. The number of aromatic amines is 2. The average molecular weight is 389 g/mol. The average Bonchev–Trinajstić information content (AvgIpc) is 3.32. The highest BCUT2D eigenvalue weighted by Crippen LogP contribution is 2.40. The number of H-pyrrole nitrogens is 2. The van der Waals surface area contributed by atoms with Crippen LogP contribution in [0.1, 0.15) is 13.8 Å². The Labute approximate surface area is 164 Å². The first-order chi connectivity index (χ1) is 14.0. The smallest absolute Gasteiger partial charge is 0.224 e. The van der Waals surface area contributed by atoms with Gasteiger partial charge in [0.25, 0.3) is 0 Å². The van der Waals surface area contributed by atoms with Crippen LogP contribution in [0.5, 0.6) is 11.5 Å². The van der Waals surface area contributed by atoms with E-state index in [4.69, 9.17) is 9.15 Å². The molecule has 0 saturated carbocycles. The number of phenols is 1. The van der Waals surface area contributed by atoms with Crippen molar-refractivity contribution in [2.45, 2.75) is 13.8 Å². The Balaban J connectivity index is 1.76. The minimum atomic E-state index is -0.483. The van der Waals surface area contributed by atoms with Gasteiger partial charge in [-0.1, -0.05) is 26.0 Å². The van der Waals surface area contributed by atoms with Gasteiger partial charge in [-0.15, -0.1) is 0 Å². The summed E-state index contributed by atoms with van der Waals surface area (Å²) in [4.78, 5) is 16.5. The van der Waals surface area contributed by atoms with E-state index in [-0.39, 0.29) is 5.58 Å². The SMILES string of the molecule is CC(C)COc1ccc(-c2c3c[nH][nH]c3nc3c2oc2c(O)c(=O)ccc23)cc1. The largest absolute Gasteiger partial charge is 0.502 e. The minimum Gasteiger partial charge on any atom is -0.502 e. The van der Waals surface area contributed by atoms with Crippen LogP contribution in [-0.4, -0.2) is 26.9 Å². The molecule has 0 saturated heterocycles. The van der Waals surface area contributed by atoms with Gasteiger partial charge >= 0.3 is 0 Å². The number of rotatable bonds is 4. The van der Waals surface area contributed by atoms with Gasteiger partial charge in [0.2, 0.25) is 11.2 Å². The van der Waals surface area contributed by atoms with E-state index in [1.54, 1.807) is 6.07 Å². The first-order valence-corrected chi connectivity index (χ1v) is 9.40. The normalized spacial score (nSPS) is 11.8. The number of ether oxygens (including phenoxy) is 1. The number of benzene rings is 2. The van der Waals surface area contributed by atoms with Gasteiger partial charge in [-0.25, -0.2) is 4.98 Å². The molecule has 0 aliphatic heterocycles. The van der Waals surface area contributed by atoms with Gasteiger partial charge in [0.05, 0.1) is 12.0 Å². The predicted octanol–water partition coefficient (Wildman–Crippen LogP) is 4.56. The van der Waals surface area contributed by atoms with Gasteiger partial charge in [0.15, 0.2) is 16.8 Å². The molecule has 2 aromatic carbocycles. The van der Waals surface area contributed by atoms with E-state index < -0.39 is 11.2 Å². The second-order valence-corrected chi connectivity index (χ2v) is 7.46. The molecular formula is C22H19N3O4. The van der Waals surface area contributed by atoms with E-state index in [9.17, 15) is 9.90 Å². The van der Waals surface area contributed by atoms with Crippen molar-refractivity contribution in [2.75, 3.05) is 6.61 Å². The third-order valence-electron chi connectivity index (χ3n) is 4.88. The summed E-state index contributed by atoms with van der Waals surface area (Å²) in [6.07, 6.45) is 1.81. The molecule has 0 fully saturated rings. The fraction of sp³-hybridized carbons (Fsp3) is 0.182. The molecule has 146 valence electrons. The van der Waals surface area contributed by atoms with E-state index in [0.29, 0.717) is 34.7 Å². The van der Waals surface area contributed by atoms with Gasteiger partial charge in [0, 0.05) is 17.1 Å². The summed E-state index contributed by atoms with van der Waals surface area (Å²) in [5.41, 5.74) is 3.14. The molecule has 5 rings (SSSR count). The standard InChI is InChI=1S/C22H19N3O4/c1-11(2)10-28-13-5-3-12(4-6-13)17-15-9-23-25-22(15)24-18-14-7-8-16(26)19(27)20(14)29-21(17)18/h3-9,11,27H,10H2,1-2H3,(H2,23,24,25). The summed E-state index contributed by atoms with van der Waals surface area (Å²) in [7, 11) is 0. The Hall–Kier alpha value is -3.74. The first kappa shape index (κ1) is 17.4. The van der Waals surface area contributed by atoms with Gasteiger partial charge in [-0.3, -0.25) is 9.89 Å². The zero-order valence-electron chi connectivity index (χ0n) is 15.9. The molecule has 0 amide bonds. The Bertz CT molecular complexity index is 1410. The summed E-state index contributed by atoms with van der Waals surface area (Å²) in [6.45, 7) is 4.85. The van der Waals surface area contributed by atoms with Crippen LogP contribution >= 0.6 is 0 Å². The number of furan rings is 1. The van der Waals surface area contributed by atoms with Crippen LogP contribution in [0.3, 0.4) is 0 Å². The summed E-state index contributed by atoms with van der Waals surface area (Å²) >= 11 is 0. The molecule has 29 heavy (non-hydrogen) atoms. The predicted molar refractivity (Wildman–Crippen MR) is 111 cm³/mol. The zero-order chi connectivity index (χ0) is 20.1. The molecule has 0 radical (unpaired) electrons. The third-order valence-corrected chi connectivity index (χ3v) is 4.88. The number of fused-ring (bicyclic) bond motifs is 4. The van der Waals surface area contributed by atoms with Gasteiger partial charge in [-0.05, 0) is 35.7 Å². The van der Waals surface area contributed by atoms with Crippen molar-refractivity contribution >= 4 is 33.1 Å². The van der Waals surface area contributed by atoms with Gasteiger partial charge < -0.3 is 19.4 Å². The third kappa shape index (κ3) is 2.74. The number of aromatic hydroxyl groups is 1. The summed E-state index contributed by atoms with van der Waals surface area (Å²) < 4.78 is 11.7. The lowest BCUT2D eigenvalue weighted by atomic mass is 10.0. The van der Waals surface area contributed by atoms with E-state index in [2.05, 4.69) is 29.0 Å². The van der Waals surface area contributed by atoms with E-state index >= 15 is 0 Å². The molecule has 0 unspecified atom stereocenters. The van der Waals surface area contributed by atoms with Crippen molar-refractivity contribution in [2.24, 2.45) is 5.92 Å². The number of pyridine rings is 1. The van der Waals surface area contributed by atoms with Crippen molar-refractivity contribution in [3.8, 4) is 22.6 Å². The maximum atomic E-state index is 11.8. The zero-order valence-corrected chi connectivity index (χ0v) is 15.9. The highest BCUT2D eigenvalue weighted by Gasteiger charge is 2.21. The molecule has 0 spiro atoms. The molecule has 0 aliphatic rings. The maximum Gasteiger partial charge on any atom is 0.224 e. The quantitative estimate of drug-likeness (QED) is 0.418. The number of nitrogens with zero attached hydrogens (tertiary/aromatic N) is 1. The number of hydrogen-bond donors (Lipinski definition) is 3. The minimum absolute atomic E-state index is 0.148. The van der Waals surface area contributed by atoms with Crippen LogP contribution in [0, 0.1) is 5.92 Å². The van der Waals surface area contributed by atoms with Crippen molar-refractivity contribution in [1.82, 2.24) is 15.2 Å². The van der Waals surface area contributed by atoms with Crippen molar-refractivity contribution in [3.63, 3.8) is 0 Å². The lowest BCUT2D eigenvalue weighted by Gasteiger charge is -2.10. The van der Waals surface area contributed by atoms with Crippen LogP contribution in [-0.2, 0) is 0 Å². The Morgan fingerprint density at radius 1 is 1.10 bits per heavy atom. The van der Waals surface area contributed by atoms with Crippen LogP contribution < -0.4 is 10.2 Å². The first-order valence-electron chi connectivity index (χ1n) is 9.40.